The monoisotopic (exact) mass is 369 g/mol. The summed E-state index contributed by atoms with van der Waals surface area (Å²) in [6, 6.07) is 15.7. The van der Waals surface area contributed by atoms with Crippen molar-refractivity contribution in [1.29, 1.82) is 0 Å². The summed E-state index contributed by atoms with van der Waals surface area (Å²) in [4.78, 5) is 12.1. The summed E-state index contributed by atoms with van der Waals surface area (Å²) in [5.74, 6) is 1.88. The smallest absolute Gasteiger partial charge is 0.249 e. The van der Waals surface area contributed by atoms with Crippen LogP contribution in [-0.2, 0) is 22.7 Å². The van der Waals surface area contributed by atoms with Crippen LogP contribution in [0.5, 0.6) is 11.5 Å². The van der Waals surface area contributed by atoms with Crippen LogP contribution < -0.4 is 14.8 Å². The van der Waals surface area contributed by atoms with Gasteiger partial charge in [-0.3, -0.25) is 4.79 Å². The van der Waals surface area contributed by atoms with Crippen LogP contribution in [0.2, 0.25) is 0 Å². The summed E-state index contributed by atoms with van der Waals surface area (Å²) in [6.07, 6.45) is 2.00. The Kier molecular flexibility index (Phi) is 6.71. The SMILES string of the molecule is COc1cc(CNC(=O)C(C)OCC2CC2)ccc1OCc1ccccc1. The number of amides is 1. The Hall–Kier alpha value is -2.53. The van der Waals surface area contributed by atoms with Crippen molar-refractivity contribution in [2.75, 3.05) is 13.7 Å². The lowest BCUT2D eigenvalue weighted by Gasteiger charge is -2.15. The van der Waals surface area contributed by atoms with Gasteiger partial charge in [0.2, 0.25) is 5.91 Å². The Morgan fingerprint density at radius 1 is 1.11 bits per heavy atom. The van der Waals surface area contributed by atoms with Crippen molar-refractivity contribution >= 4 is 5.91 Å². The summed E-state index contributed by atoms with van der Waals surface area (Å²) < 4.78 is 16.9. The molecule has 1 saturated carbocycles. The van der Waals surface area contributed by atoms with Crippen molar-refractivity contribution < 1.29 is 19.0 Å². The van der Waals surface area contributed by atoms with Gasteiger partial charge in [-0.15, -0.1) is 0 Å². The molecule has 27 heavy (non-hydrogen) atoms. The van der Waals surface area contributed by atoms with Gasteiger partial charge in [0, 0.05) is 6.54 Å². The van der Waals surface area contributed by atoms with Crippen LogP contribution in [-0.4, -0.2) is 25.7 Å². The van der Waals surface area contributed by atoms with Gasteiger partial charge in [-0.1, -0.05) is 36.4 Å². The molecule has 1 amide bonds. The maximum atomic E-state index is 12.1. The molecule has 2 aromatic carbocycles. The maximum absolute atomic E-state index is 12.1. The minimum Gasteiger partial charge on any atom is -0.493 e. The second kappa shape index (κ2) is 9.42. The summed E-state index contributed by atoms with van der Waals surface area (Å²) >= 11 is 0. The molecule has 0 bridgehead atoms. The Balaban J connectivity index is 1.51. The molecule has 5 nitrogen and oxygen atoms in total. The first-order valence-corrected chi connectivity index (χ1v) is 9.38. The van der Waals surface area contributed by atoms with Gasteiger partial charge in [0.1, 0.15) is 12.7 Å². The largest absolute Gasteiger partial charge is 0.493 e. The normalized spacial score (nSPS) is 14.4. The lowest BCUT2D eigenvalue weighted by molar-refractivity contribution is -0.132. The highest BCUT2D eigenvalue weighted by molar-refractivity contribution is 5.80. The molecular formula is C22H27NO4. The van der Waals surface area contributed by atoms with Crippen molar-refractivity contribution in [2.45, 2.75) is 39.0 Å². The number of nitrogens with one attached hydrogen (secondary N) is 1. The van der Waals surface area contributed by atoms with Crippen molar-refractivity contribution in [3.63, 3.8) is 0 Å². The average Bonchev–Trinajstić information content (AvgIpc) is 3.54. The highest BCUT2D eigenvalue weighted by Gasteiger charge is 2.24. The quantitative estimate of drug-likeness (QED) is 0.694. The lowest BCUT2D eigenvalue weighted by Crippen LogP contribution is -2.34. The van der Waals surface area contributed by atoms with Crippen LogP contribution in [0.3, 0.4) is 0 Å². The van der Waals surface area contributed by atoms with E-state index in [1.807, 2.05) is 48.5 Å². The van der Waals surface area contributed by atoms with Gasteiger partial charge in [0.05, 0.1) is 13.7 Å². The molecule has 5 heteroatoms. The number of benzene rings is 2. The minimum atomic E-state index is -0.430. The van der Waals surface area contributed by atoms with Crippen molar-refractivity contribution in [3.05, 3.63) is 59.7 Å². The Labute approximate surface area is 160 Å². The predicted molar refractivity (Wildman–Crippen MR) is 104 cm³/mol. The first kappa shape index (κ1) is 19.2. The molecule has 3 rings (SSSR count). The molecule has 1 aliphatic rings. The van der Waals surface area contributed by atoms with E-state index in [-0.39, 0.29) is 5.91 Å². The second-order valence-corrected chi connectivity index (χ2v) is 6.90. The van der Waals surface area contributed by atoms with E-state index in [1.54, 1.807) is 14.0 Å². The minimum absolute atomic E-state index is 0.0981. The first-order valence-electron chi connectivity index (χ1n) is 9.38. The van der Waals surface area contributed by atoms with Gasteiger partial charge >= 0.3 is 0 Å². The fraction of sp³-hybridized carbons (Fsp3) is 0.409. The molecule has 1 N–H and O–H groups in total. The van der Waals surface area contributed by atoms with E-state index in [0.717, 1.165) is 11.1 Å². The van der Waals surface area contributed by atoms with E-state index in [1.165, 1.54) is 12.8 Å². The zero-order chi connectivity index (χ0) is 19.1. The molecule has 0 aromatic heterocycles. The van der Waals surface area contributed by atoms with Crippen molar-refractivity contribution in [3.8, 4) is 11.5 Å². The molecule has 2 aromatic rings. The van der Waals surface area contributed by atoms with E-state index >= 15 is 0 Å². The van der Waals surface area contributed by atoms with Gasteiger partial charge in [-0.25, -0.2) is 0 Å². The molecule has 1 aliphatic carbocycles. The molecule has 0 heterocycles. The van der Waals surface area contributed by atoms with E-state index < -0.39 is 6.10 Å². The maximum Gasteiger partial charge on any atom is 0.249 e. The van der Waals surface area contributed by atoms with E-state index in [0.29, 0.717) is 37.2 Å². The molecule has 1 fully saturated rings. The standard InChI is InChI=1S/C22H27NO4/c1-16(26-14-18-8-9-18)22(24)23-13-19-10-11-20(21(12-19)25-2)27-15-17-6-4-3-5-7-17/h3-7,10-12,16,18H,8-9,13-15H2,1-2H3,(H,23,24). The zero-order valence-corrected chi connectivity index (χ0v) is 15.9. The van der Waals surface area contributed by atoms with Gasteiger partial charge < -0.3 is 19.5 Å². The fourth-order valence-corrected chi connectivity index (χ4v) is 2.65. The zero-order valence-electron chi connectivity index (χ0n) is 15.9. The summed E-state index contributed by atoms with van der Waals surface area (Å²) in [7, 11) is 1.61. The van der Waals surface area contributed by atoms with Gasteiger partial charge in [0.15, 0.2) is 11.5 Å². The third kappa shape index (κ3) is 6.00. The average molecular weight is 369 g/mol. The number of methoxy groups -OCH3 is 1. The number of ether oxygens (including phenoxy) is 3. The molecule has 0 aliphatic heterocycles. The molecule has 144 valence electrons. The summed E-state index contributed by atoms with van der Waals surface area (Å²) in [5, 5.41) is 2.91. The van der Waals surface area contributed by atoms with Crippen molar-refractivity contribution in [1.82, 2.24) is 5.32 Å². The first-order chi connectivity index (χ1) is 13.2. The lowest BCUT2D eigenvalue weighted by atomic mass is 10.2. The Bertz CT molecular complexity index is 743. The number of rotatable bonds is 10. The summed E-state index contributed by atoms with van der Waals surface area (Å²) in [6.45, 7) is 3.36. The molecular weight excluding hydrogens is 342 g/mol. The molecule has 0 saturated heterocycles. The molecule has 1 atom stereocenters. The number of carbonyl (C=O) groups excluding carboxylic acids is 1. The highest BCUT2D eigenvalue weighted by Crippen LogP contribution is 2.30. The topological polar surface area (TPSA) is 56.8 Å². The predicted octanol–water partition coefficient (Wildman–Crippen LogP) is 3.71. The van der Waals surface area contributed by atoms with E-state index in [4.69, 9.17) is 14.2 Å². The van der Waals surface area contributed by atoms with Crippen LogP contribution in [0.1, 0.15) is 30.9 Å². The number of hydrogen-bond donors (Lipinski definition) is 1. The summed E-state index contributed by atoms with van der Waals surface area (Å²) in [5.41, 5.74) is 2.04. The Morgan fingerprint density at radius 3 is 2.59 bits per heavy atom. The van der Waals surface area contributed by atoms with Crippen LogP contribution >= 0.6 is 0 Å². The third-order valence-electron chi connectivity index (χ3n) is 4.58. The van der Waals surface area contributed by atoms with Gasteiger partial charge in [-0.05, 0) is 48.9 Å². The third-order valence-corrected chi connectivity index (χ3v) is 4.58. The van der Waals surface area contributed by atoms with E-state index in [9.17, 15) is 4.79 Å². The van der Waals surface area contributed by atoms with Gasteiger partial charge in [-0.2, -0.15) is 0 Å². The number of carbonyl (C=O) groups is 1. The van der Waals surface area contributed by atoms with Crippen LogP contribution in [0.15, 0.2) is 48.5 Å². The van der Waals surface area contributed by atoms with Crippen LogP contribution in [0.25, 0.3) is 0 Å². The Morgan fingerprint density at radius 2 is 1.89 bits per heavy atom. The number of hydrogen-bond acceptors (Lipinski definition) is 4. The van der Waals surface area contributed by atoms with E-state index in [2.05, 4.69) is 5.32 Å². The molecule has 0 spiro atoms. The molecule has 1 unspecified atom stereocenters. The van der Waals surface area contributed by atoms with Gasteiger partial charge in [0.25, 0.3) is 0 Å². The second-order valence-electron chi connectivity index (χ2n) is 6.90. The fourth-order valence-electron chi connectivity index (χ4n) is 2.65. The van der Waals surface area contributed by atoms with Crippen LogP contribution in [0.4, 0.5) is 0 Å². The molecule has 0 radical (unpaired) electrons. The van der Waals surface area contributed by atoms with Crippen LogP contribution in [0, 0.1) is 5.92 Å². The van der Waals surface area contributed by atoms with Crippen molar-refractivity contribution in [2.24, 2.45) is 5.92 Å². The highest BCUT2D eigenvalue weighted by atomic mass is 16.5.